The van der Waals surface area contributed by atoms with Gasteiger partial charge in [-0.25, -0.2) is 0 Å². The van der Waals surface area contributed by atoms with E-state index in [4.69, 9.17) is 18.9 Å². The number of phenolic OH excluding ortho intramolecular Hbond substituents is 1. The van der Waals surface area contributed by atoms with Crippen LogP contribution in [0.2, 0.25) is 0 Å². The Balaban J connectivity index is 1.81. The zero-order chi connectivity index (χ0) is 20.4. The molecule has 8 nitrogen and oxygen atoms in total. The van der Waals surface area contributed by atoms with E-state index in [9.17, 15) is 20.4 Å². The van der Waals surface area contributed by atoms with Crippen molar-refractivity contribution in [3.8, 4) is 28.7 Å². The molecule has 152 valence electrons. The Hall–Kier alpha value is -2.52. The van der Waals surface area contributed by atoms with E-state index in [1.807, 2.05) is 6.92 Å². The van der Waals surface area contributed by atoms with Gasteiger partial charge in [0, 0.05) is 12.1 Å². The maximum Gasteiger partial charge on any atom is 0.229 e. The first kappa shape index (κ1) is 20.2. The molecule has 1 aliphatic rings. The van der Waals surface area contributed by atoms with Crippen LogP contribution in [-0.2, 0) is 4.74 Å². The predicted molar refractivity (Wildman–Crippen MR) is 99.0 cm³/mol. The van der Waals surface area contributed by atoms with E-state index in [1.54, 1.807) is 31.2 Å². The van der Waals surface area contributed by atoms with Gasteiger partial charge in [0.15, 0.2) is 11.5 Å². The molecule has 0 spiro atoms. The van der Waals surface area contributed by atoms with Crippen LogP contribution in [0.25, 0.3) is 0 Å². The molecule has 1 heterocycles. The highest BCUT2D eigenvalue weighted by Gasteiger charge is 2.43. The number of hydrogen-bond donors (Lipinski definition) is 4. The summed E-state index contributed by atoms with van der Waals surface area (Å²) in [5.74, 6) is 1.48. The lowest BCUT2D eigenvalue weighted by atomic mass is 10.1. The summed E-state index contributed by atoms with van der Waals surface area (Å²) in [4.78, 5) is 0. The third-order valence-electron chi connectivity index (χ3n) is 4.46. The summed E-state index contributed by atoms with van der Waals surface area (Å²) in [6.07, 6.45) is -4.58. The SMILES string of the molecule is COc1cc(C)c(Oc2cc(C)cc(OC3OC(CO)C(O)C3O)c2)c(O)c1. The summed E-state index contributed by atoms with van der Waals surface area (Å²) in [7, 11) is 1.51. The Kier molecular flexibility index (Phi) is 5.95. The Bertz CT molecular complexity index is 814. The molecule has 0 radical (unpaired) electrons. The molecule has 2 aromatic carbocycles. The smallest absolute Gasteiger partial charge is 0.229 e. The number of hydrogen-bond acceptors (Lipinski definition) is 8. The molecule has 1 aliphatic heterocycles. The quantitative estimate of drug-likeness (QED) is 0.586. The van der Waals surface area contributed by atoms with Gasteiger partial charge in [0.05, 0.1) is 13.7 Å². The molecule has 3 rings (SSSR count). The van der Waals surface area contributed by atoms with Crippen molar-refractivity contribution in [1.29, 1.82) is 0 Å². The Morgan fingerprint density at radius 3 is 2.29 bits per heavy atom. The first-order valence-corrected chi connectivity index (χ1v) is 8.78. The molecule has 0 aliphatic carbocycles. The lowest BCUT2D eigenvalue weighted by Crippen LogP contribution is -2.35. The molecule has 0 aromatic heterocycles. The van der Waals surface area contributed by atoms with Crippen molar-refractivity contribution in [3.63, 3.8) is 0 Å². The molecule has 0 amide bonds. The normalized spacial score (nSPS) is 24.2. The van der Waals surface area contributed by atoms with Gasteiger partial charge in [0.2, 0.25) is 6.29 Å². The monoisotopic (exact) mass is 392 g/mol. The third-order valence-corrected chi connectivity index (χ3v) is 4.46. The van der Waals surface area contributed by atoms with Crippen LogP contribution in [0, 0.1) is 13.8 Å². The molecule has 0 bridgehead atoms. The number of aliphatic hydroxyl groups excluding tert-OH is 3. The van der Waals surface area contributed by atoms with Crippen LogP contribution in [0.5, 0.6) is 28.7 Å². The molecule has 4 N–H and O–H groups in total. The summed E-state index contributed by atoms with van der Waals surface area (Å²) < 4.78 is 21.9. The van der Waals surface area contributed by atoms with E-state index in [-0.39, 0.29) is 11.5 Å². The van der Waals surface area contributed by atoms with Crippen LogP contribution in [-0.4, -0.2) is 58.7 Å². The van der Waals surface area contributed by atoms with Gasteiger partial charge in [0.1, 0.15) is 35.6 Å². The van der Waals surface area contributed by atoms with Gasteiger partial charge in [0.25, 0.3) is 0 Å². The minimum absolute atomic E-state index is 0.0655. The maximum absolute atomic E-state index is 10.2. The van der Waals surface area contributed by atoms with Crippen LogP contribution in [0.4, 0.5) is 0 Å². The van der Waals surface area contributed by atoms with Crippen molar-refractivity contribution in [2.75, 3.05) is 13.7 Å². The molecule has 1 fully saturated rings. The fourth-order valence-electron chi connectivity index (χ4n) is 3.03. The topological polar surface area (TPSA) is 118 Å². The minimum atomic E-state index is -1.30. The first-order chi connectivity index (χ1) is 13.3. The summed E-state index contributed by atoms with van der Waals surface area (Å²) in [6.45, 7) is 3.18. The second kappa shape index (κ2) is 8.24. The first-order valence-electron chi connectivity index (χ1n) is 8.78. The van der Waals surface area contributed by atoms with Crippen molar-refractivity contribution in [3.05, 3.63) is 41.5 Å². The largest absolute Gasteiger partial charge is 0.504 e. The zero-order valence-corrected chi connectivity index (χ0v) is 15.8. The average molecular weight is 392 g/mol. The Morgan fingerprint density at radius 2 is 1.68 bits per heavy atom. The number of methoxy groups -OCH3 is 1. The highest BCUT2D eigenvalue weighted by molar-refractivity contribution is 5.52. The van der Waals surface area contributed by atoms with Crippen molar-refractivity contribution in [2.45, 2.75) is 38.4 Å². The number of aromatic hydroxyl groups is 1. The third kappa shape index (κ3) is 4.15. The number of rotatable bonds is 6. The Labute approximate surface area is 162 Å². The van der Waals surface area contributed by atoms with Crippen molar-refractivity contribution >= 4 is 0 Å². The number of ether oxygens (including phenoxy) is 4. The van der Waals surface area contributed by atoms with Crippen LogP contribution >= 0.6 is 0 Å². The van der Waals surface area contributed by atoms with Gasteiger partial charge in [-0.05, 0) is 43.2 Å². The molecule has 2 aromatic rings. The molecule has 1 saturated heterocycles. The van der Waals surface area contributed by atoms with E-state index in [1.165, 1.54) is 13.2 Å². The lowest BCUT2D eigenvalue weighted by Gasteiger charge is -2.18. The van der Waals surface area contributed by atoms with Crippen molar-refractivity contribution in [2.24, 2.45) is 0 Å². The van der Waals surface area contributed by atoms with E-state index < -0.39 is 31.2 Å². The fourth-order valence-corrected chi connectivity index (χ4v) is 3.03. The van der Waals surface area contributed by atoms with Crippen LogP contribution in [0.15, 0.2) is 30.3 Å². The van der Waals surface area contributed by atoms with E-state index in [0.717, 1.165) is 5.56 Å². The second-order valence-corrected chi connectivity index (χ2v) is 6.70. The highest BCUT2D eigenvalue weighted by atomic mass is 16.7. The molecular weight excluding hydrogens is 368 g/mol. The fraction of sp³-hybridized carbons (Fsp3) is 0.400. The Morgan fingerprint density at radius 1 is 0.964 bits per heavy atom. The average Bonchev–Trinajstić information content (AvgIpc) is 2.92. The van der Waals surface area contributed by atoms with E-state index >= 15 is 0 Å². The molecule has 4 unspecified atom stereocenters. The molecule has 8 heteroatoms. The van der Waals surface area contributed by atoms with E-state index in [2.05, 4.69) is 0 Å². The summed E-state index contributed by atoms with van der Waals surface area (Å²) >= 11 is 0. The van der Waals surface area contributed by atoms with Crippen molar-refractivity contribution < 1.29 is 39.4 Å². The predicted octanol–water partition coefficient (Wildman–Crippen LogP) is 1.63. The van der Waals surface area contributed by atoms with Gasteiger partial charge in [-0.1, -0.05) is 0 Å². The van der Waals surface area contributed by atoms with Gasteiger partial charge >= 0.3 is 0 Å². The molecular formula is C20H24O8. The lowest BCUT2D eigenvalue weighted by molar-refractivity contribution is -0.116. The van der Waals surface area contributed by atoms with Crippen LogP contribution < -0.4 is 14.2 Å². The van der Waals surface area contributed by atoms with Crippen molar-refractivity contribution in [1.82, 2.24) is 0 Å². The van der Waals surface area contributed by atoms with Gasteiger partial charge in [-0.15, -0.1) is 0 Å². The van der Waals surface area contributed by atoms with Crippen LogP contribution in [0.1, 0.15) is 11.1 Å². The number of aliphatic hydroxyl groups is 3. The van der Waals surface area contributed by atoms with Crippen LogP contribution in [0.3, 0.4) is 0 Å². The summed E-state index contributed by atoms with van der Waals surface area (Å²) in [5, 5.41) is 39.3. The summed E-state index contributed by atoms with van der Waals surface area (Å²) in [6, 6.07) is 8.23. The number of benzene rings is 2. The summed E-state index contributed by atoms with van der Waals surface area (Å²) in [5.41, 5.74) is 1.49. The molecule has 28 heavy (non-hydrogen) atoms. The van der Waals surface area contributed by atoms with Gasteiger partial charge in [-0.3, -0.25) is 0 Å². The van der Waals surface area contributed by atoms with E-state index in [0.29, 0.717) is 22.8 Å². The standard InChI is InChI=1S/C20H24O8/c1-10-4-13(26-19-11(2)6-12(25-3)8-15(19)22)7-14(5-10)27-20-18(24)17(23)16(9-21)28-20/h4-8,16-18,20-24H,9H2,1-3H3. The van der Waals surface area contributed by atoms with Gasteiger partial charge < -0.3 is 39.4 Å². The maximum atomic E-state index is 10.2. The van der Waals surface area contributed by atoms with Gasteiger partial charge in [-0.2, -0.15) is 0 Å². The zero-order valence-electron chi connectivity index (χ0n) is 15.8. The molecule has 4 atom stereocenters. The number of aryl methyl sites for hydroxylation is 2. The minimum Gasteiger partial charge on any atom is -0.504 e. The highest BCUT2D eigenvalue weighted by Crippen LogP contribution is 2.38. The number of phenols is 1. The molecule has 0 saturated carbocycles. The second-order valence-electron chi connectivity index (χ2n) is 6.70.